The molecule has 0 aliphatic heterocycles. The van der Waals surface area contributed by atoms with Gasteiger partial charge in [0.2, 0.25) is 0 Å². The van der Waals surface area contributed by atoms with Crippen LogP contribution < -0.4 is 10.1 Å². The molecule has 0 atom stereocenters. The third-order valence-corrected chi connectivity index (χ3v) is 5.68. The molecule has 1 heterocycles. The van der Waals surface area contributed by atoms with Gasteiger partial charge in [-0.25, -0.2) is 14.8 Å². The average Bonchev–Trinajstić information content (AvgIpc) is 2.96. The van der Waals surface area contributed by atoms with Crippen LogP contribution in [0.1, 0.15) is 10.4 Å². The van der Waals surface area contributed by atoms with E-state index < -0.39 is 18.5 Å². The van der Waals surface area contributed by atoms with Crippen LogP contribution in [0.2, 0.25) is 0 Å². The minimum Gasteiger partial charge on any atom is -0.497 e. The molecule has 0 aliphatic rings. The van der Waals surface area contributed by atoms with Gasteiger partial charge in [0, 0.05) is 22.9 Å². The quantitative estimate of drug-likeness (QED) is 0.292. The van der Waals surface area contributed by atoms with Gasteiger partial charge in [-0.3, -0.25) is 4.79 Å². The van der Waals surface area contributed by atoms with E-state index in [4.69, 9.17) is 19.4 Å². The number of rotatable bonds is 7. The number of carbonyl (C=O) groups is 2. The highest BCUT2D eigenvalue weighted by atomic mass is 16.5. The van der Waals surface area contributed by atoms with Crippen molar-refractivity contribution in [2.45, 2.75) is 0 Å². The van der Waals surface area contributed by atoms with Crippen LogP contribution >= 0.6 is 0 Å². The van der Waals surface area contributed by atoms with Gasteiger partial charge in [0.05, 0.1) is 35.1 Å². The van der Waals surface area contributed by atoms with Crippen LogP contribution in [0, 0.1) is 0 Å². The lowest BCUT2D eigenvalue weighted by molar-refractivity contribution is -0.119. The van der Waals surface area contributed by atoms with Gasteiger partial charge < -0.3 is 14.8 Å². The lowest BCUT2D eigenvalue weighted by Gasteiger charge is -2.11. The number of esters is 1. The van der Waals surface area contributed by atoms with Gasteiger partial charge in [-0.15, -0.1) is 0 Å². The molecule has 0 saturated heterocycles. The molecule has 0 fully saturated rings. The molecule has 1 aromatic heterocycles. The van der Waals surface area contributed by atoms with E-state index in [0.717, 1.165) is 16.8 Å². The molecule has 182 valence electrons. The largest absolute Gasteiger partial charge is 0.497 e. The zero-order valence-corrected chi connectivity index (χ0v) is 20.0. The minimum absolute atomic E-state index is 0.280. The topological polar surface area (TPSA) is 90.4 Å². The van der Waals surface area contributed by atoms with E-state index in [-0.39, 0.29) is 5.56 Å². The summed E-state index contributed by atoms with van der Waals surface area (Å²) in [5.41, 5.74) is 5.34. The second-order valence-electron chi connectivity index (χ2n) is 8.21. The summed E-state index contributed by atoms with van der Waals surface area (Å²) in [4.78, 5) is 34.7. The number of fused-ring (bicyclic) bond motifs is 1. The van der Waals surface area contributed by atoms with Gasteiger partial charge in [-0.05, 0) is 30.3 Å². The third-order valence-electron chi connectivity index (χ3n) is 5.68. The monoisotopic (exact) mass is 489 g/mol. The Labute approximate surface area is 213 Å². The van der Waals surface area contributed by atoms with Gasteiger partial charge in [0.1, 0.15) is 5.75 Å². The number of methoxy groups -OCH3 is 1. The number of hydrogen-bond acceptors (Lipinski definition) is 6. The molecule has 0 aliphatic carbocycles. The van der Waals surface area contributed by atoms with E-state index in [0.29, 0.717) is 28.2 Å². The fraction of sp³-hybridized carbons (Fsp3) is 0.0667. The number of aromatic nitrogens is 2. The Kier molecular flexibility index (Phi) is 6.85. The maximum absolute atomic E-state index is 12.7. The van der Waals surface area contributed by atoms with Crippen LogP contribution in [0.15, 0.2) is 103 Å². The zero-order valence-electron chi connectivity index (χ0n) is 20.0. The smallest absolute Gasteiger partial charge is 0.338 e. The number of ether oxygens (including phenoxy) is 2. The fourth-order valence-electron chi connectivity index (χ4n) is 3.89. The third kappa shape index (κ3) is 5.46. The van der Waals surface area contributed by atoms with Gasteiger partial charge in [0.15, 0.2) is 6.61 Å². The first-order valence-electron chi connectivity index (χ1n) is 11.6. The molecule has 1 amide bonds. The molecule has 0 saturated carbocycles. The summed E-state index contributed by atoms with van der Waals surface area (Å²) in [5.74, 6) is -0.476. The molecule has 0 spiro atoms. The van der Waals surface area contributed by atoms with Crippen molar-refractivity contribution in [2.24, 2.45) is 0 Å². The highest BCUT2D eigenvalue weighted by Crippen LogP contribution is 2.31. The molecule has 1 N–H and O–H groups in total. The minimum atomic E-state index is -0.627. The lowest BCUT2D eigenvalue weighted by Crippen LogP contribution is -2.21. The van der Waals surface area contributed by atoms with Crippen LogP contribution in [-0.2, 0) is 9.53 Å². The fourth-order valence-corrected chi connectivity index (χ4v) is 3.89. The summed E-state index contributed by atoms with van der Waals surface area (Å²) in [6.45, 7) is -0.429. The van der Waals surface area contributed by atoms with E-state index in [1.165, 1.54) is 0 Å². The van der Waals surface area contributed by atoms with E-state index in [2.05, 4.69) is 5.32 Å². The first-order chi connectivity index (χ1) is 18.1. The molecular weight excluding hydrogens is 466 g/mol. The van der Waals surface area contributed by atoms with E-state index in [9.17, 15) is 9.59 Å². The SMILES string of the molecule is COc1cccc(NC(=O)COC(=O)c2ccc3nc(-c4ccccc4)c(-c4ccccc4)nc3c2)c1. The Hall–Kier alpha value is -5.04. The molecule has 5 aromatic rings. The number of amides is 1. The average molecular weight is 490 g/mol. The Balaban J connectivity index is 1.38. The lowest BCUT2D eigenvalue weighted by atomic mass is 10.0. The van der Waals surface area contributed by atoms with E-state index in [1.54, 1.807) is 49.6 Å². The molecule has 0 bridgehead atoms. The molecular formula is C30H23N3O4. The van der Waals surface area contributed by atoms with Crippen molar-refractivity contribution in [3.8, 4) is 28.3 Å². The van der Waals surface area contributed by atoms with Gasteiger partial charge in [0.25, 0.3) is 5.91 Å². The van der Waals surface area contributed by atoms with Crippen LogP contribution in [0.3, 0.4) is 0 Å². The zero-order chi connectivity index (χ0) is 25.6. The molecule has 37 heavy (non-hydrogen) atoms. The van der Waals surface area contributed by atoms with Crippen LogP contribution in [0.4, 0.5) is 5.69 Å². The van der Waals surface area contributed by atoms with Gasteiger partial charge >= 0.3 is 5.97 Å². The Morgan fingerprint density at radius 3 is 2.03 bits per heavy atom. The van der Waals surface area contributed by atoms with Crippen LogP contribution in [0.25, 0.3) is 33.5 Å². The second kappa shape index (κ2) is 10.7. The van der Waals surface area contributed by atoms with Crippen molar-refractivity contribution >= 4 is 28.6 Å². The van der Waals surface area contributed by atoms with E-state index in [1.807, 2.05) is 60.7 Å². The maximum Gasteiger partial charge on any atom is 0.338 e. The van der Waals surface area contributed by atoms with Gasteiger partial charge in [-0.2, -0.15) is 0 Å². The summed E-state index contributed by atoms with van der Waals surface area (Å²) in [6, 6.07) is 31.5. The predicted molar refractivity (Wildman–Crippen MR) is 142 cm³/mol. The first-order valence-corrected chi connectivity index (χ1v) is 11.6. The summed E-state index contributed by atoms with van der Waals surface area (Å²) >= 11 is 0. The number of nitrogens with one attached hydrogen (secondary N) is 1. The summed E-state index contributed by atoms with van der Waals surface area (Å²) in [6.07, 6.45) is 0. The second-order valence-corrected chi connectivity index (χ2v) is 8.21. The first kappa shape index (κ1) is 23.7. The molecule has 7 heteroatoms. The van der Waals surface area contributed by atoms with Gasteiger partial charge in [-0.1, -0.05) is 66.7 Å². The number of anilines is 1. The van der Waals surface area contributed by atoms with Crippen molar-refractivity contribution < 1.29 is 19.1 Å². The van der Waals surface area contributed by atoms with Crippen molar-refractivity contribution in [1.29, 1.82) is 0 Å². The molecule has 7 nitrogen and oxygen atoms in total. The summed E-state index contributed by atoms with van der Waals surface area (Å²) in [7, 11) is 1.54. The van der Waals surface area contributed by atoms with Crippen LogP contribution in [-0.4, -0.2) is 35.6 Å². The maximum atomic E-state index is 12.7. The van der Waals surface area contributed by atoms with Crippen molar-refractivity contribution in [3.05, 3.63) is 109 Å². The number of hydrogen-bond donors (Lipinski definition) is 1. The van der Waals surface area contributed by atoms with Crippen LogP contribution in [0.5, 0.6) is 5.75 Å². The summed E-state index contributed by atoms with van der Waals surface area (Å²) in [5, 5.41) is 2.68. The molecule has 0 unspecified atom stereocenters. The van der Waals surface area contributed by atoms with E-state index >= 15 is 0 Å². The number of nitrogens with zero attached hydrogens (tertiary/aromatic N) is 2. The number of benzene rings is 4. The predicted octanol–water partition coefficient (Wildman–Crippen LogP) is 5.77. The Bertz CT molecular complexity index is 1570. The molecule has 5 rings (SSSR count). The van der Waals surface area contributed by atoms with Crippen molar-refractivity contribution in [2.75, 3.05) is 19.0 Å². The normalized spacial score (nSPS) is 10.6. The Morgan fingerprint density at radius 2 is 1.38 bits per heavy atom. The Morgan fingerprint density at radius 1 is 0.730 bits per heavy atom. The highest BCUT2D eigenvalue weighted by molar-refractivity contribution is 5.97. The summed E-state index contributed by atoms with van der Waals surface area (Å²) < 4.78 is 10.4. The molecule has 4 aromatic carbocycles. The highest BCUT2D eigenvalue weighted by Gasteiger charge is 2.16. The molecule has 0 radical (unpaired) electrons. The number of carbonyl (C=O) groups excluding carboxylic acids is 2. The van der Waals surface area contributed by atoms with Crippen molar-refractivity contribution in [1.82, 2.24) is 9.97 Å². The standard InChI is InChI=1S/C30H23N3O4/c1-36-24-14-8-13-23(18-24)31-27(34)19-37-30(35)22-15-16-25-26(17-22)33-29(21-11-6-3-7-12-21)28(32-25)20-9-4-2-5-10-20/h2-18H,19H2,1H3,(H,31,34). The van der Waals surface area contributed by atoms with Crippen molar-refractivity contribution in [3.63, 3.8) is 0 Å².